The highest BCUT2D eigenvalue weighted by Gasteiger charge is 2.58. The molecule has 4 fully saturated rings. The first-order valence-corrected chi connectivity index (χ1v) is 13.1. The van der Waals surface area contributed by atoms with Gasteiger partial charge in [0.25, 0.3) is 0 Å². The van der Waals surface area contributed by atoms with Gasteiger partial charge in [-0.3, -0.25) is 9.48 Å². The van der Waals surface area contributed by atoms with E-state index in [2.05, 4.69) is 37.3 Å². The summed E-state index contributed by atoms with van der Waals surface area (Å²) in [5.74, 6) is 4.77. The molecule has 4 aliphatic rings. The van der Waals surface area contributed by atoms with Crippen LogP contribution in [0.3, 0.4) is 0 Å². The lowest BCUT2D eigenvalue weighted by Crippen LogP contribution is -2.51. The minimum atomic E-state index is 0.159. The molecule has 0 saturated heterocycles. The molecule has 0 aromatic carbocycles. The Morgan fingerprint density at radius 1 is 1.19 bits per heavy atom. The number of nitrogens with one attached hydrogen (secondary N) is 1. The average Bonchev–Trinajstić information content (AvgIpc) is 3.36. The minimum Gasteiger partial charge on any atom is -0.312 e. The number of carbonyl (C=O) groups is 1. The Hall–Kier alpha value is -1.67. The van der Waals surface area contributed by atoms with Crippen LogP contribution in [0.25, 0.3) is 0 Å². The lowest BCUT2D eigenvalue weighted by Gasteiger charge is -2.56. The number of aromatic nitrogens is 2. The summed E-state index contributed by atoms with van der Waals surface area (Å²) in [4.78, 5) is 13.3. The van der Waals surface area contributed by atoms with Gasteiger partial charge in [0, 0.05) is 24.2 Å². The van der Waals surface area contributed by atoms with Crippen molar-refractivity contribution in [2.45, 2.75) is 97.2 Å². The van der Waals surface area contributed by atoms with Crippen molar-refractivity contribution in [2.24, 2.45) is 40.9 Å². The van der Waals surface area contributed by atoms with E-state index in [0.717, 1.165) is 42.1 Å². The highest BCUT2D eigenvalue weighted by molar-refractivity contribution is 5.82. The highest BCUT2D eigenvalue weighted by Crippen LogP contribution is 2.64. The lowest BCUT2D eigenvalue weighted by atomic mass is 9.49. The molecule has 8 atom stereocenters. The molecule has 0 amide bonds. The van der Waals surface area contributed by atoms with Crippen molar-refractivity contribution >= 4 is 5.78 Å². The van der Waals surface area contributed by atoms with E-state index in [1.165, 1.54) is 51.4 Å². The van der Waals surface area contributed by atoms with E-state index in [1.807, 2.05) is 0 Å². The number of hydrogen-bond donors (Lipinski definition) is 1. The van der Waals surface area contributed by atoms with E-state index in [1.54, 1.807) is 17.1 Å². The van der Waals surface area contributed by atoms with Crippen molar-refractivity contribution in [3.05, 3.63) is 18.0 Å². The highest BCUT2D eigenvalue weighted by atomic mass is 16.1. The van der Waals surface area contributed by atoms with E-state index in [0.29, 0.717) is 23.9 Å². The van der Waals surface area contributed by atoms with Crippen LogP contribution in [0.15, 0.2) is 12.4 Å². The van der Waals surface area contributed by atoms with Gasteiger partial charge in [-0.1, -0.05) is 20.8 Å². The molecule has 4 aliphatic carbocycles. The van der Waals surface area contributed by atoms with Gasteiger partial charge >= 0.3 is 0 Å². The summed E-state index contributed by atoms with van der Waals surface area (Å²) in [5.41, 5.74) is 0.691. The van der Waals surface area contributed by atoms with E-state index in [9.17, 15) is 4.79 Å². The summed E-state index contributed by atoms with van der Waals surface area (Å²) in [7, 11) is 0. The maximum absolute atomic E-state index is 13.3. The molecule has 4 saturated carbocycles. The smallest absolute Gasteiger partial charge is 0.157 e. The molecule has 1 N–H and O–H groups in total. The van der Waals surface area contributed by atoms with Crippen LogP contribution < -0.4 is 5.32 Å². The molecule has 0 radical (unpaired) electrons. The second-order valence-electron chi connectivity index (χ2n) is 11.9. The molecule has 174 valence electrons. The standard InChI is InChI=1S/C27H40N4O/c1-17(2)30-20-5-7-21-19(12-20)4-6-23-22(21)10-11-27(3)24(23)8-9-25(27)26(32)16-31-15-18(13-28)14-29-31/h14-15,17,19-25,30H,4-12,16H2,1-3H3/t19-,20?,21+,22-,23-,24+,25-,27+/m1/s1. The van der Waals surface area contributed by atoms with Crippen molar-refractivity contribution in [3.8, 4) is 6.07 Å². The average molecular weight is 437 g/mol. The Morgan fingerprint density at radius 3 is 2.75 bits per heavy atom. The van der Waals surface area contributed by atoms with Gasteiger partial charge in [-0.05, 0) is 92.8 Å². The van der Waals surface area contributed by atoms with Crippen LogP contribution in [0.2, 0.25) is 0 Å². The Kier molecular flexibility index (Phi) is 5.95. The summed E-state index contributed by atoms with van der Waals surface area (Å²) in [5, 5.41) is 17.1. The molecule has 32 heavy (non-hydrogen) atoms. The summed E-state index contributed by atoms with van der Waals surface area (Å²) in [6, 6.07) is 3.42. The van der Waals surface area contributed by atoms with E-state index in [4.69, 9.17) is 5.26 Å². The first-order chi connectivity index (χ1) is 15.4. The van der Waals surface area contributed by atoms with Crippen molar-refractivity contribution < 1.29 is 4.79 Å². The first kappa shape index (κ1) is 22.1. The van der Waals surface area contributed by atoms with Crippen LogP contribution in [0.4, 0.5) is 0 Å². The molecular formula is C27H40N4O. The van der Waals surface area contributed by atoms with Crippen LogP contribution >= 0.6 is 0 Å². The number of Topliss-reactive ketones (excluding diaryl/α,β-unsaturated/α-hetero) is 1. The van der Waals surface area contributed by atoms with Gasteiger partial charge in [-0.15, -0.1) is 0 Å². The van der Waals surface area contributed by atoms with Gasteiger partial charge in [-0.25, -0.2) is 0 Å². The van der Waals surface area contributed by atoms with E-state index >= 15 is 0 Å². The Balaban J connectivity index is 1.26. The van der Waals surface area contributed by atoms with Gasteiger partial charge in [-0.2, -0.15) is 10.4 Å². The molecular weight excluding hydrogens is 396 g/mol. The summed E-state index contributed by atoms with van der Waals surface area (Å²) >= 11 is 0. The molecule has 1 heterocycles. The molecule has 0 aliphatic heterocycles. The zero-order chi connectivity index (χ0) is 22.5. The normalized spacial score (nSPS) is 40.9. The zero-order valence-electron chi connectivity index (χ0n) is 20.1. The third kappa shape index (κ3) is 3.83. The first-order valence-electron chi connectivity index (χ1n) is 13.1. The monoisotopic (exact) mass is 436 g/mol. The number of nitrogens with zero attached hydrogens (tertiary/aromatic N) is 3. The molecule has 1 unspecified atom stereocenters. The summed E-state index contributed by atoms with van der Waals surface area (Å²) in [6.07, 6.45) is 15.0. The number of carbonyl (C=O) groups excluding carboxylic acids is 1. The van der Waals surface area contributed by atoms with E-state index in [-0.39, 0.29) is 11.3 Å². The summed E-state index contributed by atoms with van der Waals surface area (Å²) < 4.78 is 1.66. The van der Waals surface area contributed by atoms with Crippen molar-refractivity contribution in [2.75, 3.05) is 0 Å². The topological polar surface area (TPSA) is 70.7 Å². The zero-order valence-corrected chi connectivity index (χ0v) is 20.1. The molecule has 0 spiro atoms. The fourth-order valence-electron chi connectivity index (χ4n) is 8.78. The van der Waals surface area contributed by atoms with Gasteiger partial charge in [0.15, 0.2) is 5.78 Å². The molecule has 1 aromatic heterocycles. The number of nitriles is 1. The van der Waals surface area contributed by atoms with Crippen LogP contribution in [0.1, 0.15) is 84.1 Å². The van der Waals surface area contributed by atoms with Crippen LogP contribution in [0.5, 0.6) is 0 Å². The quantitative estimate of drug-likeness (QED) is 0.708. The number of ketones is 1. The molecule has 5 heteroatoms. The second-order valence-corrected chi connectivity index (χ2v) is 11.9. The van der Waals surface area contributed by atoms with Gasteiger partial charge < -0.3 is 5.32 Å². The van der Waals surface area contributed by atoms with Gasteiger partial charge in [0.05, 0.1) is 18.3 Å². The number of hydrogen-bond acceptors (Lipinski definition) is 4. The molecule has 5 nitrogen and oxygen atoms in total. The van der Waals surface area contributed by atoms with Crippen LogP contribution in [-0.4, -0.2) is 27.6 Å². The fraction of sp³-hybridized carbons (Fsp3) is 0.815. The number of rotatable bonds is 5. The molecule has 0 bridgehead atoms. The van der Waals surface area contributed by atoms with Crippen molar-refractivity contribution in [3.63, 3.8) is 0 Å². The third-order valence-electron chi connectivity index (χ3n) is 9.99. The maximum atomic E-state index is 13.3. The number of fused-ring (bicyclic) bond motifs is 5. The molecule has 1 aromatic rings. The fourth-order valence-corrected chi connectivity index (χ4v) is 8.78. The minimum absolute atomic E-state index is 0.159. The van der Waals surface area contributed by atoms with E-state index < -0.39 is 0 Å². The van der Waals surface area contributed by atoms with Crippen LogP contribution in [-0.2, 0) is 11.3 Å². The van der Waals surface area contributed by atoms with Crippen molar-refractivity contribution in [1.82, 2.24) is 15.1 Å². The van der Waals surface area contributed by atoms with Gasteiger partial charge in [0.1, 0.15) is 6.07 Å². The maximum Gasteiger partial charge on any atom is 0.157 e. The van der Waals surface area contributed by atoms with Gasteiger partial charge in [0.2, 0.25) is 0 Å². The SMILES string of the molecule is CC(C)NC1CC[C@H]2[C@H](CC[C@@H]3[C@@H]2CC[C@]2(C)[C@@H](C(=O)Cn4cc(C#N)cn4)CC[C@@H]32)C1. The Morgan fingerprint density at radius 2 is 2.00 bits per heavy atom. The third-order valence-corrected chi connectivity index (χ3v) is 9.99. The lowest BCUT2D eigenvalue weighted by molar-refractivity contribution is -0.131. The van der Waals surface area contributed by atoms with Crippen molar-refractivity contribution in [1.29, 1.82) is 5.26 Å². The Bertz CT molecular complexity index is 884. The largest absolute Gasteiger partial charge is 0.312 e. The molecule has 5 rings (SSSR count). The predicted octanol–water partition coefficient (Wildman–Crippen LogP) is 4.96. The predicted molar refractivity (Wildman–Crippen MR) is 125 cm³/mol. The summed E-state index contributed by atoms with van der Waals surface area (Å²) in [6.45, 7) is 7.30. The second kappa shape index (κ2) is 8.60. The Labute approximate surface area is 193 Å². The van der Waals surface area contributed by atoms with Crippen LogP contribution in [0, 0.1) is 52.3 Å².